The smallest absolute Gasteiger partial charge is 0.123 e. The molecule has 0 unspecified atom stereocenters. The van der Waals surface area contributed by atoms with Crippen LogP contribution < -0.4 is 0 Å². The van der Waals surface area contributed by atoms with Crippen molar-refractivity contribution in [1.29, 1.82) is 0 Å². The van der Waals surface area contributed by atoms with Gasteiger partial charge in [-0.3, -0.25) is 4.98 Å². The Labute approximate surface area is 101 Å². The fourth-order valence-corrected chi connectivity index (χ4v) is 1.96. The predicted octanol–water partition coefficient (Wildman–Crippen LogP) is 2.27. The van der Waals surface area contributed by atoms with Crippen molar-refractivity contribution in [2.24, 2.45) is 0 Å². The summed E-state index contributed by atoms with van der Waals surface area (Å²) in [5, 5.41) is 1.24. The summed E-state index contributed by atoms with van der Waals surface area (Å²) in [5.41, 5.74) is 3.64. The van der Waals surface area contributed by atoms with E-state index >= 15 is 0 Å². The summed E-state index contributed by atoms with van der Waals surface area (Å²) in [6, 6.07) is 2.04. The highest BCUT2D eigenvalue weighted by molar-refractivity contribution is 5.84. The highest BCUT2D eigenvalue weighted by Gasteiger charge is 2.10. The summed E-state index contributed by atoms with van der Waals surface area (Å²) < 4.78 is 12.7. The van der Waals surface area contributed by atoms with Gasteiger partial charge in [0.05, 0.1) is 24.9 Å². The third-order valence-electron chi connectivity index (χ3n) is 3.09. The third kappa shape index (κ3) is 2.33. The molecular formula is C13H18N2O2. The van der Waals surface area contributed by atoms with Crippen molar-refractivity contribution in [2.75, 3.05) is 20.3 Å². The number of pyridine rings is 1. The van der Waals surface area contributed by atoms with Gasteiger partial charge in [0.1, 0.15) is 6.73 Å². The summed E-state index contributed by atoms with van der Waals surface area (Å²) in [5.74, 6) is 0. The van der Waals surface area contributed by atoms with Crippen LogP contribution in [0.3, 0.4) is 0 Å². The molecule has 0 radical (unpaired) electrons. The van der Waals surface area contributed by atoms with Gasteiger partial charge >= 0.3 is 0 Å². The van der Waals surface area contributed by atoms with Gasteiger partial charge in [-0.15, -0.1) is 0 Å². The van der Waals surface area contributed by atoms with Crippen LogP contribution in [0.2, 0.25) is 0 Å². The number of hydrogen-bond acceptors (Lipinski definition) is 3. The van der Waals surface area contributed by atoms with Crippen LogP contribution >= 0.6 is 0 Å². The molecule has 0 bridgehead atoms. The van der Waals surface area contributed by atoms with Crippen molar-refractivity contribution in [3.05, 3.63) is 29.7 Å². The van der Waals surface area contributed by atoms with Crippen molar-refractivity contribution in [2.45, 2.75) is 20.6 Å². The van der Waals surface area contributed by atoms with E-state index in [1.54, 1.807) is 7.11 Å². The standard InChI is InChI=1S/C13H18N2O2/c1-10-11(2)15(9-17-7-6-16-3)13-8-14-5-4-12(10)13/h4-5,8H,6-7,9H2,1-3H3. The number of ether oxygens (including phenoxy) is 2. The fourth-order valence-electron chi connectivity index (χ4n) is 1.96. The zero-order valence-electron chi connectivity index (χ0n) is 10.6. The Morgan fingerprint density at radius 1 is 1.29 bits per heavy atom. The van der Waals surface area contributed by atoms with Gasteiger partial charge in [0.15, 0.2) is 0 Å². The van der Waals surface area contributed by atoms with Crippen molar-refractivity contribution in [3.63, 3.8) is 0 Å². The zero-order valence-corrected chi connectivity index (χ0v) is 10.6. The number of aryl methyl sites for hydroxylation is 1. The lowest BCUT2D eigenvalue weighted by Gasteiger charge is -2.08. The van der Waals surface area contributed by atoms with Gasteiger partial charge in [0.25, 0.3) is 0 Å². The molecule has 17 heavy (non-hydrogen) atoms. The Morgan fingerprint density at radius 3 is 2.88 bits per heavy atom. The first-order valence-corrected chi connectivity index (χ1v) is 5.71. The van der Waals surface area contributed by atoms with Crippen molar-refractivity contribution < 1.29 is 9.47 Å². The molecule has 0 aliphatic rings. The fraction of sp³-hybridized carbons (Fsp3) is 0.462. The van der Waals surface area contributed by atoms with E-state index in [1.165, 1.54) is 16.6 Å². The van der Waals surface area contributed by atoms with Gasteiger partial charge < -0.3 is 14.0 Å². The van der Waals surface area contributed by atoms with E-state index < -0.39 is 0 Å². The number of aromatic nitrogens is 2. The topological polar surface area (TPSA) is 36.3 Å². The van der Waals surface area contributed by atoms with Crippen LogP contribution in [-0.4, -0.2) is 29.9 Å². The quantitative estimate of drug-likeness (QED) is 0.745. The average Bonchev–Trinajstić information content (AvgIpc) is 2.60. The van der Waals surface area contributed by atoms with Crippen LogP contribution in [0.1, 0.15) is 11.3 Å². The van der Waals surface area contributed by atoms with Crippen LogP contribution in [-0.2, 0) is 16.2 Å². The molecule has 0 aliphatic carbocycles. The van der Waals surface area contributed by atoms with E-state index in [0.29, 0.717) is 19.9 Å². The molecule has 0 N–H and O–H groups in total. The van der Waals surface area contributed by atoms with E-state index in [2.05, 4.69) is 23.4 Å². The molecule has 0 aromatic carbocycles. The number of rotatable bonds is 5. The Bertz CT molecular complexity index is 505. The lowest BCUT2D eigenvalue weighted by molar-refractivity contribution is 0.0352. The predicted molar refractivity (Wildman–Crippen MR) is 67.0 cm³/mol. The van der Waals surface area contributed by atoms with E-state index in [-0.39, 0.29) is 0 Å². The van der Waals surface area contributed by atoms with Crippen LogP contribution in [0.15, 0.2) is 18.5 Å². The monoisotopic (exact) mass is 234 g/mol. The molecule has 92 valence electrons. The number of fused-ring (bicyclic) bond motifs is 1. The summed E-state index contributed by atoms with van der Waals surface area (Å²) in [4.78, 5) is 4.17. The van der Waals surface area contributed by atoms with E-state index in [0.717, 1.165) is 5.52 Å². The molecule has 2 heterocycles. The Morgan fingerprint density at radius 2 is 2.12 bits per heavy atom. The first-order valence-electron chi connectivity index (χ1n) is 5.71. The molecule has 0 aliphatic heterocycles. The molecule has 0 saturated carbocycles. The van der Waals surface area contributed by atoms with E-state index in [1.807, 2.05) is 18.5 Å². The highest BCUT2D eigenvalue weighted by atomic mass is 16.5. The van der Waals surface area contributed by atoms with Crippen LogP contribution in [0.25, 0.3) is 10.9 Å². The van der Waals surface area contributed by atoms with Gasteiger partial charge in [-0.1, -0.05) is 0 Å². The summed E-state index contributed by atoms with van der Waals surface area (Å²) in [7, 11) is 1.67. The second-order valence-corrected chi connectivity index (χ2v) is 4.06. The van der Waals surface area contributed by atoms with Crippen LogP contribution in [0.4, 0.5) is 0 Å². The Hall–Kier alpha value is -1.39. The molecule has 0 saturated heterocycles. The molecule has 2 rings (SSSR count). The second kappa shape index (κ2) is 5.29. The van der Waals surface area contributed by atoms with Gasteiger partial charge in [0, 0.05) is 24.4 Å². The van der Waals surface area contributed by atoms with Gasteiger partial charge in [-0.25, -0.2) is 0 Å². The molecule has 2 aromatic rings. The minimum absolute atomic E-state index is 0.547. The zero-order chi connectivity index (χ0) is 12.3. The first kappa shape index (κ1) is 12.1. The molecule has 4 nitrogen and oxygen atoms in total. The minimum Gasteiger partial charge on any atom is -0.382 e. The molecule has 2 aromatic heterocycles. The summed E-state index contributed by atoms with van der Waals surface area (Å²) in [6.07, 6.45) is 3.71. The molecule has 4 heteroatoms. The Kier molecular flexibility index (Phi) is 3.76. The lowest BCUT2D eigenvalue weighted by Crippen LogP contribution is -2.08. The van der Waals surface area contributed by atoms with E-state index in [9.17, 15) is 0 Å². The van der Waals surface area contributed by atoms with Crippen LogP contribution in [0.5, 0.6) is 0 Å². The largest absolute Gasteiger partial charge is 0.382 e. The first-order chi connectivity index (χ1) is 8.25. The summed E-state index contributed by atoms with van der Waals surface area (Å²) >= 11 is 0. The normalized spacial score (nSPS) is 11.2. The van der Waals surface area contributed by atoms with Gasteiger partial charge in [-0.2, -0.15) is 0 Å². The Balaban J connectivity index is 2.24. The average molecular weight is 234 g/mol. The SMILES string of the molecule is COCCOCn1c(C)c(C)c2ccncc21. The van der Waals surface area contributed by atoms with Gasteiger partial charge in [0.2, 0.25) is 0 Å². The highest BCUT2D eigenvalue weighted by Crippen LogP contribution is 2.23. The molecule has 0 atom stereocenters. The molecular weight excluding hydrogens is 216 g/mol. The van der Waals surface area contributed by atoms with Crippen molar-refractivity contribution in [3.8, 4) is 0 Å². The number of nitrogens with zero attached hydrogens (tertiary/aromatic N) is 2. The van der Waals surface area contributed by atoms with Crippen LogP contribution in [0, 0.1) is 13.8 Å². The number of hydrogen-bond donors (Lipinski definition) is 0. The lowest BCUT2D eigenvalue weighted by atomic mass is 10.2. The molecule has 0 fully saturated rings. The van der Waals surface area contributed by atoms with E-state index in [4.69, 9.17) is 9.47 Å². The molecule has 0 spiro atoms. The number of methoxy groups -OCH3 is 1. The maximum Gasteiger partial charge on any atom is 0.123 e. The van der Waals surface area contributed by atoms with Gasteiger partial charge in [-0.05, 0) is 25.5 Å². The molecule has 0 amide bonds. The van der Waals surface area contributed by atoms with Crippen molar-refractivity contribution in [1.82, 2.24) is 9.55 Å². The third-order valence-corrected chi connectivity index (χ3v) is 3.09. The second-order valence-electron chi connectivity index (χ2n) is 4.06. The minimum atomic E-state index is 0.547. The maximum atomic E-state index is 5.57. The van der Waals surface area contributed by atoms with Crippen molar-refractivity contribution >= 4 is 10.9 Å². The maximum absolute atomic E-state index is 5.57. The summed E-state index contributed by atoms with van der Waals surface area (Å²) in [6.45, 7) is 6.01.